The van der Waals surface area contributed by atoms with Gasteiger partial charge in [-0.15, -0.1) is 0 Å². The lowest BCUT2D eigenvalue weighted by atomic mass is 10.00. The maximum absolute atomic E-state index is 10.7. The van der Waals surface area contributed by atoms with E-state index in [1.165, 1.54) is 11.1 Å². The van der Waals surface area contributed by atoms with Crippen LogP contribution < -0.4 is 10.1 Å². The monoisotopic (exact) mass is 449 g/mol. The van der Waals surface area contributed by atoms with Crippen molar-refractivity contribution in [1.82, 2.24) is 9.80 Å². The van der Waals surface area contributed by atoms with Crippen molar-refractivity contribution in [2.75, 3.05) is 51.7 Å². The van der Waals surface area contributed by atoms with Crippen molar-refractivity contribution in [3.63, 3.8) is 0 Å². The Morgan fingerprint density at radius 2 is 1.76 bits per heavy atom. The summed E-state index contributed by atoms with van der Waals surface area (Å²) in [5.74, 6) is 0.922. The fraction of sp³-hybridized carbons (Fsp3) is 0.400. The van der Waals surface area contributed by atoms with Gasteiger partial charge in [0.1, 0.15) is 5.75 Å². The summed E-state index contributed by atoms with van der Waals surface area (Å²) in [6.07, 6.45) is 2.16. The fourth-order valence-corrected chi connectivity index (χ4v) is 4.05. The number of carboxylic acid groups (broad SMARTS) is 1. The van der Waals surface area contributed by atoms with Crippen LogP contribution in [0.3, 0.4) is 0 Å². The van der Waals surface area contributed by atoms with Crippen molar-refractivity contribution < 1.29 is 14.6 Å². The van der Waals surface area contributed by atoms with Gasteiger partial charge in [0.2, 0.25) is 5.96 Å². The highest BCUT2D eigenvalue weighted by Crippen LogP contribution is 2.21. The molecule has 2 N–H and O–H groups in total. The molecule has 1 fully saturated rings. The lowest BCUT2D eigenvalue weighted by Crippen LogP contribution is -2.46. The molecule has 1 saturated heterocycles. The summed E-state index contributed by atoms with van der Waals surface area (Å²) in [6.45, 7) is 5.95. The molecule has 0 spiro atoms. The average molecular weight is 450 g/mol. The van der Waals surface area contributed by atoms with E-state index >= 15 is 0 Å². The first kappa shape index (κ1) is 22.9. The van der Waals surface area contributed by atoms with E-state index in [0.29, 0.717) is 19.0 Å². The van der Waals surface area contributed by atoms with Crippen molar-refractivity contribution in [2.24, 2.45) is 9.98 Å². The van der Waals surface area contributed by atoms with Crippen LogP contribution in [0, 0.1) is 0 Å². The number of rotatable bonds is 8. The molecule has 174 valence electrons. The van der Waals surface area contributed by atoms with E-state index in [-0.39, 0.29) is 12.3 Å². The first-order valence-electron chi connectivity index (χ1n) is 11.3. The van der Waals surface area contributed by atoms with Crippen molar-refractivity contribution >= 4 is 23.8 Å². The molecular weight excluding hydrogens is 418 g/mol. The third-order valence-electron chi connectivity index (χ3n) is 6.08. The van der Waals surface area contributed by atoms with Crippen LogP contribution in [0.15, 0.2) is 58.5 Å². The smallest absolute Gasteiger partial charge is 0.304 e. The molecule has 2 heterocycles. The van der Waals surface area contributed by atoms with E-state index in [4.69, 9.17) is 9.84 Å². The SMILES string of the molecule is COc1ccc(C2C=NC(Nc3ccc(CN4CCN(CCC(=O)O)CC4)cc3)=NC2)cc1. The summed E-state index contributed by atoms with van der Waals surface area (Å²) in [5, 5.41) is 12.1. The third kappa shape index (κ3) is 6.63. The zero-order chi connectivity index (χ0) is 23.0. The molecule has 1 unspecified atom stereocenters. The van der Waals surface area contributed by atoms with E-state index < -0.39 is 5.97 Å². The van der Waals surface area contributed by atoms with Gasteiger partial charge in [0.25, 0.3) is 0 Å². The Bertz CT molecular complexity index is 980. The number of nitrogens with zero attached hydrogens (tertiary/aromatic N) is 4. The Kier molecular flexibility index (Phi) is 7.70. The molecule has 1 atom stereocenters. The number of aliphatic carboxylic acids is 1. The Hall–Kier alpha value is -3.23. The number of piperazine rings is 1. The number of guanidine groups is 1. The number of methoxy groups -OCH3 is 1. The van der Waals surface area contributed by atoms with E-state index in [2.05, 4.69) is 61.5 Å². The van der Waals surface area contributed by atoms with Gasteiger partial charge in [0.15, 0.2) is 0 Å². The molecule has 8 nitrogen and oxygen atoms in total. The second-order valence-corrected chi connectivity index (χ2v) is 8.41. The molecule has 2 aromatic carbocycles. The Balaban J connectivity index is 1.23. The zero-order valence-corrected chi connectivity index (χ0v) is 19.0. The molecule has 33 heavy (non-hydrogen) atoms. The van der Waals surface area contributed by atoms with Crippen molar-refractivity contribution in [3.05, 3.63) is 59.7 Å². The third-order valence-corrected chi connectivity index (χ3v) is 6.08. The number of anilines is 1. The standard InChI is InChI=1S/C25H31N5O3/c1-33-23-8-4-20(5-9-23)21-16-26-25(27-17-21)28-22-6-2-19(3-7-22)18-30-14-12-29(13-15-30)11-10-24(31)32/h2-9,16,21H,10-15,17-18H2,1H3,(H,27,28)(H,31,32). The Morgan fingerprint density at radius 3 is 2.36 bits per heavy atom. The molecule has 0 saturated carbocycles. The normalized spacial score (nSPS) is 19.2. The maximum Gasteiger partial charge on any atom is 0.304 e. The molecule has 0 radical (unpaired) electrons. The molecule has 0 amide bonds. The van der Waals surface area contributed by atoms with Gasteiger partial charge in [-0.25, -0.2) is 4.99 Å². The van der Waals surface area contributed by atoms with E-state index in [9.17, 15) is 4.79 Å². The van der Waals surface area contributed by atoms with Gasteiger partial charge in [0, 0.05) is 57.1 Å². The van der Waals surface area contributed by atoms with Crippen LogP contribution in [0.25, 0.3) is 0 Å². The van der Waals surface area contributed by atoms with Crippen LogP contribution in [0.4, 0.5) is 5.69 Å². The molecule has 2 aliphatic heterocycles. The molecule has 2 aliphatic rings. The molecule has 2 aromatic rings. The first-order chi connectivity index (χ1) is 16.1. The van der Waals surface area contributed by atoms with Crippen LogP contribution >= 0.6 is 0 Å². The first-order valence-corrected chi connectivity index (χ1v) is 11.3. The number of hydrogen-bond donors (Lipinski definition) is 2. The van der Waals surface area contributed by atoms with Crippen molar-refractivity contribution in [2.45, 2.75) is 18.9 Å². The van der Waals surface area contributed by atoms with E-state index in [1.54, 1.807) is 7.11 Å². The lowest BCUT2D eigenvalue weighted by Gasteiger charge is -2.34. The van der Waals surface area contributed by atoms with Gasteiger partial charge in [-0.1, -0.05) is 24.3 Å². The minimum Gasteiger partial charge on any atom is -0.497 e. The molecule has 0 aliphatic carbocycles. The van der Waals surface area contributed by atoms with Gasteiger partial charge in [-0.2, -0.15) is 0 Å². The van der Waals surface area contributed by atoms with Crippen LogP contribution in [0.2, 0.25) is 0 Å². The predicted octanol–water partition coefficient (Wildman–Crippen LogP) is 2.92. The molecule has 8 heteroatoms. The van der Waals surface area contributed by atoms with Crippen LogP contribution in [0.5, 0.6) is 5.75 Å². The number of aliphatic imine (C=N–C) groups is 2. The minimum atomic E-state index is -0.729. The van der Waals surface area contributed by atoms with Gasteiger partial charge >= 0.3 is 5.97 Å². The number of nitrogens with one attached hydrogen (secondary N) is 1. The molecule has 0 aromatic heterocycles. The maximum atomic E-state index is 10.7. The Morgan fingerprint density at radius 1 is 1.06 bits per heavy atom. The molecule has 0 bridgehead atoms. The number of ether oxygens (including phenoxy) is 1. The second kappa shape index (κ2) is 11.1. The summed E-state index contributed by atoms with van der Waals surface area (Å²) in [5.41, 5.74) is 3.40. The van der Waals surface area contributed by atoms with Gasteiger partial charge in [0.05, 0.1) is 20.1 Å². The highest BCUT2D eigenvalue weighted by molar-refractivity contribution is 6.00. The van der Waals surface area contributed by atoms with Crippen molar-refractivity contribution in [3.8, 4) is 5.75 Å². The fourth-order valence-electron chi connectivity index (χ4n) is 4.05. The van der Waals surface area contributed by atoms with Gasteiger partial charge in [-0.05, 0) is 35.4 Å². The average Bonchev–Trinajstić information content (AvgIpc) is 2.85. The topological polar surface area (TPSA) is 89.8 Å². The highest BCUT2D eigenvalue weighted by atomic mass is 16.5. The Labute approximate surface area is 194 Å². The number of carboxylic acids is 1. The quantitative estimate of drug-likeness (QED) is 0.644. The number of benzene rings is 2. The van der Waals surface area contributed by atoms with Gasteiger partial charge < -0.3 is 20.1 Å². The van der Waals surface area contributed by atoms with Crippen LogP contribution in [-0.2, 0) is 11.3 Å². The van der Waals surface area contributed by atoms with Crippen LogP contribution in [-0.4, -0.2) is 79.4 Å². The van der Waals surface area contributed by atoms with Crippen molar-refractivity contribution in [1.29, 1.82) is 0 Å². The molecular formula is C25H31N5O3. The summed E-state index contributed by atoms with van der Waals surface area (Å²) in [4.78, 5) is 24.5. The second-order valence-electron chi connectivity index (χ2n) is 8.41. The summed E-state index contributed by atoms with van der Waals surface area (Å²) >= 11 is 0. The molecule has 4 rings (SSSR count). The van der Waals surface area contributed by atoms with Crippen LogP contribution in [0.1, 0.15) is 23.5 Å². The number of carbonyl (C=O) groups is 1. The lowest BCUT2D eigenvalue weighted by molar-refractivity contribution is -0.137. The van der Waals surface area contributed by atoms with E-state index in [0.717, 1.165) is 44.2 Å². The predicted molar refractivity (Wildman–Crippen MR) is 131 cm³/mol. The van der Waals surface area contributed by atoms with E-state index in [1.807, 2.05) is 18.3 Å². The zero-order valence-electron chi connectivity index (χ0n) is 19.0. The highest BCUT2D eigenvalue weighted by Gasteiger charge is 2.18. The minimum absolute atomic E-state index is 0.174. The largest absolute Gasteiger partial charge is 0.497 e. The summed E-state index contributed by atoms with van der Waals surface area (Å²) in [6, 6.07) is 16.4. The van der Waals surface area contributed by atoms with Gasteiger partial charge in [-0.3, -0.25) is 14.7 Å². The number of hydrogen-bond acceptors (Lipinski definition) is 7. The summed E-state index contributed by atoms with van der Waals surface area (Å²) in [7, 11) is 1.67. The summed E-state index contributed by atoms with van der Waals surface area (Å²) < 4.78 is 5.22.